The summed E-state index contributed by atoms with van der Waals surface area (Å²) >= 11 is 2.29. The molecule has 3 rings (SSSR count). The van der Waals surface area contributed by atoms with Gasteiger partial charge in [-0.15, -0.1) is 0 Å². The van der Waals surface area contributed by atoms with Gasteiger partial charge in [-0.1, -0.05) is 19.1 Å². The summed E-state index contributed by atoms with van der Waals surface area (Å²) in [6.45, 7) is 1.91. The first-order valence-electron chi connectivity index (χ1n) is 7.30. The van der Waals surface area contributed by atoms with Gasteiger partial charge in [-0.25, -0.2) is 0 Å². The van der Waals surface area contributed by atoms with Gasteiger partial charge in [0, 0.05) is 21.5 Å². The Hall–Kier alpha value is -0.680. The van der Waals surface area contributed by atoms with Gasteiger partial charge >= 0.3 is 0 Å². The Morgan fingerprint density at radius 3 is 2.65 bits per heavy atom. The lowest BCUT2D eigenvalue weighted by molar-refractivity contribution is -0.116. The van der Waals surface area contributed by atoms with Crippen LogP contribution in [0.15, 0.2) is 29.8 Å². The van der Waals surface area contributed by atoms with Crippen molar-refractivity contribution in [2.75, 3.05) is 0 Å². The van der Waals surface area contributed by atoms with Crippen molar-refractivity contribution in [3.8, 4) is 0 Å². The fourth-order valence-electron chi connectivity index (χ4n) is 3.71. The number of benzene rings is 1. The van der Waals surface area contributed by atoms with Crippen LogP contribution in [0, 0.1) is 15.4 Å². The maximum absolute atomic E-state index is 12.4. The smallest absolute Gasteiger partial charge is 0.159 e. The lowest BCUT2D eigenvalue weighted by Crippen LogP contribution is -2.23. The van der Waals surface area contributed by atoms with Crippen LogP contribution < -0.4 is 0 Å². The van der Waals surface area contributed by atoms with Gasteiger partial charge in [0.25, 0.3) is 0 Å². The number of carbonyl (C=O) groups excluding carboxylic acids is 1. The van der Waals surface area contributed by atoms with Crippen LogP contribution in [0.5, 0.6) is 0 Å². The topological polar surface area (TPSA) is 37.3 Å². The number of fused-ring (bicyclic) bond motifs is 2. The number of hydrogen-bond donors (Lipinski definition) is 1. The Morgan fingerprint density at radius 1 is 1.30 bits per heavy atom. The molecule has 2 unspecified atom stereocenters. The average Bonchev–Trinajstić information content (AvgIpc) is 2.74. The van der Waals surface area contributed by atoms with E-state index in [0.29, 0.717) is 12.3 Å². The van der Waals surface area contributed by atoms with Gasteiger partial charge < -0.3 is 5.11 Å². The van der Waals surface area contributed by atoms with Crippen LogP contribution in [0.1, 0.15) is 38.2 Å². The quantitative estimate of drug-likeness (QED) is 0.808. The van der Waals surface area contributed by atoms with Gasteiger partial charge in [0.2, 0.25) is 0 Å². The van der Waals surface area contributed by atoms with Crippen LogP contribution in [0.4, 0.5) is 0 Å². The maximum atomic E-state index is 12.4. The van der Waals surface area contributed by atoms with Gasteiger partial charge in [0.1, 0.15) is 0 Å². The molecule has 1 fully saturated rings. The monoisotopic (exact) mass is 382 g/mol. The molecule has 0 aromatic heterocycles. The molecule has 0 saturated heterocycles. The molecule has 0 aliphatic heterocycles. The first kappa shape index (κ1) is 14.3. The molecule has 106 valence electrons. The van der Waals surface area contributed by atoms with E-state index in [1.807, 2.05) is 6.92 Å². The molecule has 0 radical (unpaired) electrons. The second kappa shape index (κ2) is 5.60. The lowest BCUT2D eigenvalue weighted by Gasteiger charge is -2.26. The number of halogens is 1. The normalized spacial score (nSPS) is 28.9. The first-order chi connectivity index (χ1) is 9.60. The maximum Gasteiger partial charge on any atom is 0.159 e. The minimum atomic E-state index is -0.327. The molecule has 2 bridgehead atoms. The van der Waals surface area contributed by atoms with Gasteiger partial charge in [-0.05, 0) is 71.0 Å². The summed E-state index contributed by atoms with van der Waals surface area (Å²) in [6.07, 6.45) is 2.97. The van der Waals surface area contributed by atoms with Crippen LogP contribution in [0.3, 0.4) is 0 Å². The zero-order chi connectivity index (χ0) is 14.3. The molecule has 3 heteroatoms. The average molecular weight is 382 g/mol. The summed E-state index contributed by atoms with van der Waals surface area (Å²) in [7, 11) is 0. The highest BCUT2D eigenvalue weighted by Crippen LogP contribution is 2.48. The van der Waals surface area contributed by atoms with E-state index in [2.05, 4.69) is 46.9 Å². The molecule has 0 amide bonds. The largest absolute Gasteiger partial charge is 0.392 e. The van der Waals surface area contributed by atoms with Crippen LogP contribution in [0.2, 0.25) is 0 Å². The summed E-state index contributed by atoms with van der Waals surface area (Å²) in [5.74, 6) is 0.816. The number of allylic oxidation sites excluding steroid dienone is 1. The Balaban J connectivity index is 2.09. The number of aliphatic hydroxyl groups excluding tert-OH is 1. The summed E-state index contributed by atoms with van der Waals surface area (Å²) in [4.78, 5) is 12.4. The highest BCUT2D eigenvalue weighted by Gasteiger charge is 2.42. The Morgan fingerprint density at radius 2 is 2.00 bits per heavy atom. The SMILES string of the molecule is CCC(=O)C1=C(c2ccc(I)cc2)CC2CC(O)[C@@H]1C2. The highest BCUT2D eigenvalue weighted by atomic mass is 127. The lowest BCUT2D eigenvalue weighted by atomic mass is 9.77. The van der Waals surface area contributed by atoms with E-state index in [-0.39, 0.29) is 17.8 Å². The van der Waals surface area contributed by atoms with Gasteiger partial charge in [-0.3, -0.25) is 4.79 Å². The zero-order valence-corrected chi connectivity index (χ0v) is 13.8. The third-order valence-corrected chi connectivity index (χ3v) is 5.35. The van der Waals surface area contributed by atoms with Crippen LogP contribution in [-0.4, -0.2) is 17.0 Å². The van der Waals surface area contributed by atoms with E-state index in [0.717, 1.165) is 30.4 Å². The van der Waals surface area contributed by atoms with Crippen LogP contribution >= 0.6 is 22.6 Å². The molecule has 2 aliphatic carbocycles. The summed E-state index contributed by atoms with van der Waals surface area (Å²) < 4.78 is 1.20. The van der Waals surface area contributed by atoms with E-state index in [4.69, 9.17) is 0 Å². The minimum Gasteiger partial charge on any atom is -0.392 e. The fourth-order valence-corrected chi connectivity index (χ4v) is 4.07. The van der Waals surface area contributed by atoms with Crippen molar-refractivity contribution in [1.82, 2.24) is 0 Å². The van der Waals surface area contributed by atoms with E-state index in [9.17, 15) is 9.90 Å². The third kappa shape index (κ3) is 2.46. The molecule has 0 spiro atoms. The number of carbonyl (C=O) groups is 1. The fraction of sp³-hybridized carbons (Fsp3) is 0.471. The van der Waals surface area contributed by atoms with Gasteiger partial charge in [-0.2, -0.15) is 0 Å². The number of Topliss-reactive ketones (excluding diaryl/α,β-unsaturated/α-hetero) is 1. The number of rotatable bonds is 3. The minimum absolute atomic E-state index is 0.0653. The molecule has 0 heterocycles. The standard InChI is InChI=1S/C17H19IO2/c1-2-15(19)17-13(11-3-5-12(18)6-4-11)7-10-8-14(17)16(20)9-10/h3-6,10,14,16,20H,2,7-9H2,1H3/t10?,14-,16?/m0/s1. The van der Waals surface area contributed by atoms with Crippen molar-refractivity contribution in [2.45, 2.75) is 38.7 Å². The molecular weight excluding hydrogens is 363 g/mol. The second-order valence-electron chi connectivity index (χ2n) is 5.89. The third-order valence-electron chi connectivity index (χ3n) is 4.63. The van der Waals surface area contributed by atoms with Crippen molar-refractivity contribution >= 4 is 33.9 Å². The highest BCUT2D eigenvalue weighted by molar-refractivity contribution is 14.1. The second-order valence-corrected chi connectivity index (χ2v) is 7.14. The molecule has 1 N–H and O–H groups in total. The molecule has 1 aromatic carbocycles. The number of hydrogen-bond acceptors (Lipinski definition) is 2. The number of aliphatic hydroxyl groups is 1. The molecular formula is C17H19IO2. The van der Waals surface area contributed by atoms with E-state index in [1.165, 1.54) is 9.14 Å². The summed E-state index contributed by atoms with van der Waals surface area (Å²) in [5.41, 5.74) is 3.26. The Bertz CT molecular complexity index is 559. The van der Waals surface area contributed by atoms with Crippen molar-refractivity contribution in [2.24, 2.45) is 11.8 Å². The Kier molecular flexibility index (Phi) is 4.00. The summed E-state index contributed by atoms with van der Waals surface area (Å²) in [6, 6.07) is 8.39. The zero-order valence-electron chi connectivity index (χ0n) is 11.6. The predicted molar refractivity (Wildman–Crippen MR) is 88.2 cm³/mol. The van der Waals surface area contributed by atoms with E-state index < -0.39 is 0 Å². The van der Waals surface area contributed by atoms with Crippen LogP contribution in [-0.2, 0) is 4.79 Å². The number of ketones is 1. The summed E-state index contributed by atoms with van der Waals surface area (Å²) in [5, 5.41) is 10.2. The Labute approximate surface area is 133 Å². The molecule has 1 saturated carbocycles. The van der Waals surface area contributed by atoms with E-state index >= 15 is 0 Å². The van der Waals surface area contributed by atoms with E-state index in [1.54, 1.807) is 0 Å². The van der Waals surface area contributed by atoms with Crippen molar-refractivity contribution in [3.05, 3.63) is 39.0 Å². The molecule has 20 heavy (non-hydrogen) atoms. The first-order valence-corrected chi connectivity index (χ1v) is 8.38. The molecule has 2 nitrogen and oxygen atoms in total. The van der Waals surface area contributed by atoms with Crippen molar-refractivity contribution < 1.29 is 9.90 Å². The van der Waals surface area contributed by atoms with Crippen molar-refractivity contribution in [1.29, 1.82) is 0 Å². The molecule has 3 atom stereocenters. The molecule has 1 aromatic rings. The molecule has 2 aliphatic rings. The van der Waals surface area contributed by atoms with Crippen LogP contribution in [0.25, 0.3) is 5.57 Å². The predicted octanol–water partition coefficient (Wildman–Crippen LogP) is 3.81. The van der Waals surface area contributed by atoms with Gasteiger partial charge in [0.05, 0.1) is 6.10 Å². The van der Waals surface area contributed by atoms with Crippen molar-refractivity contribution in [3.63, 3.8) is 0 Å². The van der Waals surface area contributed by atoms with Gasteiger partial charge in [0.15, 0.2) is 5.78 Å².